The van der Waals surface area contributed by atoms with Gasteiger partial charge in [-0.1, -0.05) is 6.92 Å². The Morgan fingerprint density at radius 3 is 2.22 bits per heavy atom. The molecular formula is C15H14O3. The molecule has 2 rings (SSSR count). The monoisotopic (exact) mass is 242 g/mol. The maximum absolute atomic E-state index is 12.3. The van der Waals surface area contributed by atoms with E-state index in [1.54, 1.807) is 24.3 Å². The van der Waals surface area contributed by atoms with Crippen LogP contribution in [0.1, 0.15) is 28.4 Å². The van der Waals surface area contributed by atoms with Crippen molar-refractivity contribution in [3.05, 3.63) is 59.2 Å². The molecule has 3 nitrogen and oxygen atoms in total. The molecule has 0 aromatic heterocycles. The van der Waals surface area contributed by atoms with Crippen LogP contribution in [-0.4, -0.2) is 16.0 Å². The molecule has 0 radical (unpaired) electrons. The number of benzene rings is 2. The Bertz CT molecular complexity index is 571. The van der Waals surface area contributed by atoms with Crippen LogP contribution in [0.25, 0.3) is 0 Å². The van der Waals surface area contributed by atoms with E-state index in [1.807, 2.05) is 6.92 Å². The molecule has 0 bridgehead atoms. The molecule has 0 unspecified atom stereocenters. The van der Waals surface area contributed by atoms with Crippen molar-refractivity contribution in [2.24, 2.45) is 0 Å². The second-order valence-corrected chi connectivity index (χ2v) is 4.07. The Morgan fingerprint density at radius 2 is 1.61 bits per heavy atom. The minimum atomic E-state index is -0.105. The highest BCUT2D eigenvalue weighted by atomic mass is 16.3. The van der Waals surface area contributed by atoms with Crippen LogP contribution in [-0.2, 0) is 6.42 Å². The summed E-state index contributed by atoms with van der Waals surface area (Å²) in [5.74, 6) is 0.189. The minimum absolute atomic E-state index is 0.105. The van der Waals surface area contributed by atoms with Gasteiger partial charge < -0.3 is 10.2 Å². The lowest BCUT2D eigenvalue weighted by Gasteiger charge is -2.07. The van der Waals surface area contributed by atoms with Crippen molar-refractivity contribution in [2.45, 2.75) is 13.3 Å². The van der Waals surface area contributed by atoms with E-state index in [2.05, 4.69) is 0 Å². The van der Waals surface area contributed by atoms with Crippen molar-refractivity contribution < 1.29 is 15.0 Å². The minimum Gasteiger partial charge on any atom is -0.508 e. The van der Waals surface area contributed by atoms with Gasteiger partial charge in [0.05, 0.1) is 0 Å². The van der Waals surface area contributed by atoms with E-state index in [0.717, 1.165) is 5.56 Å². The summed E-state index contributed by atoms with van der Waals surface area (Å²) in [7, 11) is 0. The van der Waals surface area contributed by atoms with Gasteiger partial charge in [-0.25, -0.2) is 0 Å². The van der Waals surface area contributed by atoms with Crippen LogP contribution >= 0.6 is 0 Å². The molecule has 0 heterocycles. The first-order valence-electron chi connectivity index (χ1n) is 5.77. The number of phenols is 2. The van der Waals surface area contributed by atoms with Crippen molar-refractivity contribution in [3.63, 3.8) is 0 Å². The number of rotatable bonds is 3. The number of aromatic hydroxyl groups is 2. The highest BCUT2D eigenvalue weighted by Gasteiger charge is 2.13. The Hall–Kier alpha value is -2.29. The van der Waals surface area contributed by atoms with Gasteiger partial charge >= 0.3 is 0 Å². The van der Waals surface area contributed by atoms with Gasteiger partial charge in [0.1, 0.15) is 11.5 Å². The van der Waals surface area contributed by atoms with E-state index < -0.39 is 0 Å². The van der Waals surface area contributed by atoms with Gasteiger partial charge in [0, 0.05) is 11.1 Å². The van der Waals surface area contributed by atoms with Gasteiger partial charge in [-0.3, -0.25) is 4.79 Å². The fourth-order valence-electron chi connectivity index (χ4n) is 1.86. The molecule has 3 heteroatoms. The lowest BCUT2D eigenvalue weighted by atomic mass is 9.97. The molecule has 18 heavy (non-hydrogen) atoms. The van der Waals surface area contributed by atoms with Crippen LogP contribution in [0.3, 0.4) is 0 Å². The fourth-order valence-corrected chi connectivity index (χ4v) is 1.86. The SMILES string of the molecule is CCc1cc(O)ccc1C(=O)c1ccc(O)cc1. The van der Waals surface area contributed by atoms with Crippen LogP contribution in [0, 0.1) is 0 Å². The quantitative estimate of drug-likeness (QED) is 0.814. The second-order valence-electron chi connectivity index (χ2n) is 4.07. The number of ketones is 1. The van der Waals surface area contributed by atoms with Crippen molar-refractivity contribution >= 4 is 5.78 Å². The van der Waals surface area contributed by atoms with E-state index >= 15 is 0 Å². The smallest absolute Gasteiger partial charge is 0.193 e. The zero-order valence-corrected chi connectivity index (χ0v) is 10.1. The summed E-state index contributed by atoms with van der Waals surface area (Å²) in [6, 6.07) is 10.9. The van der Waals surface area contributed by atoms with Gasteiger partial charge in [0.25, 0.3) is 0 Å². The number of phenolic OH excluding ortho intramolecular Hbond substituents is 2. The summed E-state index contributed by atoms with van der Waals surface area (Å²) in [6.07, 6.45) is 0.674. The number of carbonyl (C=O) groups is 1. The molecule has 92 valence electrons. The Morgan fingerprint density at radius 1 is 1.00 bits per heavy atom. The molecule has 0 atom stereocenters. The van der Waals surface area contributed by atoms with Crippen LogP contribution in [0.15, 0.2) is 42.5 Å². The van der Waals surface area contributed by atoms with Crippen molar-refractivity contribution in [1.82, 2.24) is 0 Å². The zero-order valence-electron chi connectivity index (χ0n) is 10.1. The number of hydrogen-bond donors (Lipinski definition) is 2. The normalized spacial score (nSPS) is 10.3. The number of carbonyl (C=O) groups excluding carboxylic acids is 1. The molecule has 0 aliphatic rings. The van der Waals surface area contributed by atoms with Gasteiger partial charge in [-0.15, -0.1) is 0 Å². The summed E-state index contributed by atoms with van der Waals surface area (Å²) in [5, 5.41) is 18.6. The van der Waals surface area contributed by atoms with Crippen molar-refractivity contribution in [3.8, 4) is 11.5 Å². The van der Waals surface area contributed by atoms with Gasteiger partial charge in [0.2, 0.25) is 0 Å². The third-order valence-electron chi connectivity index (χ3n) is 2.84. The van der Waals surface area contributed by atoms with Crippen LogP contribution in [0.4, 0.5) is 0 Å². The molecule has 0 spiro atoms. The van der Waals surface area contributed by atoms with E-state index in [1.165, 1.54) is 18.2 Å². The topological polar surface area (TPSA) is 57.5 Å². The maximum atomic E-state index is 12.3. The molecule has 0 amide bonds. The summed E-state index contributed by atoms with van der Waals surface area (Å²) in [5.41, 5.74) is 1.92. The molecule has 2 aromatic rings. The van der Waals surface area contributed by atoms with Crippen LogP contribution < -0.4 is 0 Å². The maximum Gasteiger partial charge on any atom is 0.193 e. The lowest BCUT2D eigenvalue weighted by molar-refractivity contribution is 0.103. The largest absolute Gasteiger partial charge is 0.508 e. The Balaban J connectivity index is 2.42. The summed E-state index contributed by atoms with van der Waals surface area (Å²) >= 11 is 0. The first-order chi connectivity index (χ1) is 8.61. The molecule has 0 aliphatic heterocycles. The molecule has 0 saturated heterocycles. The fraction of sp³-hybridized carbons (Fsp3) is 0.133. The first kappa shape index (κ1) is 12.2. The van der Waals surface area contributed by atoms with Crippen LogP contribution in [0.2, 0.25) is 0 Å². The van der Waals surface area contributed by atoms with Gasteiger partial charge in [0.15, 0.2) is 5.78 Å². The van der Waals surface area contributed by atoms with Gasteiger partial charge in [-0.2, -0.15) is 0 Å². The summed E-state index contributed by atoms with van der Waals surface area (Å²) in [4.78, 5) is 12.3. The van der Waals surface area contributed by atoms with E-state index in [0.29, 0.717) is 17.5 Å². The highest BCUT2D eigenvalue weighted by molar-refractivity contribution is 6.10. The molecule has 0 aliphatic carbocycles. The number of aryl methyl sites for hydroxylation is 1. The van der Waals surface area contributed by atoms with E-state index in [4.69, 9.17) is 0 Å². The highest BCUT2D eigenvalue weighted by Crippen LogP contribution is 2.21. The average Bonchev–Trinajstić information content (AvgIpc) is 2.38. The first-order valence-corrected chi connectivity index (χ1v) is 5.77. The van der Waals surface area contributed by atoms with Crippen LogP contribution in [0.5, 0.6) is 11.5 Å². The molecule has 2 aromatic carbocycles. The molecular weight excluding hydrogens is 228 g/mol. The lowest BCUT2D eigenvalue weighted by Crippen LogP contribution is -2.04. The third-order valence-corrected chi connectivity index (χ3v) is 2.84. The third kappa shape index (κ3) is 2.35. The average molecular weight is 242 g/mol. The molecule has 2 N–H and O–H groups in total. The van der Waals surface area contributed by atoms with Gasteiger partial charge in [-0.05, 0) is 54.4 Å². The zero-order chi connectivity index (χ0) is 13.1. The Kier molecular flexibility index (Phi) is 3.33. The number of hydrogen-bond acceptors (Lipinski definition) is 3. The predicted molar refractivity (Wildman–Crippen MR) is 69.0 cm³/mol. The molecule has 0 saturated carbocycles. The van der Waals surface area contributed by atoms with Crippen molar-refractivity contribution in [2.75, 3.05) is 0 Å². The summed E-state index contributed by atoms with van der Waals surface area (Å²) < 4.78 is 0. The van der Waals surface area contributed by atoms with Crippen molar-refractivity contribution in [1.29, 1.82) is 0 Å². The molecule has 0 fully saturated rings. The standard InChI is InChI=1S/C15H14O3/c1-2-10-9-13(17)7-8-14(10)15(18)11-3-5-12(16)6-4-11/h3-9,16-17H,2H2,1H3. The predicted octanol–water partition coefficient (Wildman–Crippen LogP) is 2.89. The second kappa shape index (κ2) is 4.92. The summed E-state index contributed by atoms with van der Waals surface area (Å²) in [6.45, 7) is 1.93. The van der Waals surface area contributed by atoms with E-state index in [-0.39, 0.29) is 17.3 Å². The van der Waals surface area contributed by atoms with E-state index in [9.17, 15) is 15.0 Å². The Labute approximate surface area is 105 Å².